The molecule has 0 bridgehead atoms. The number of hydrogen-bond donors (Lipinski definition) is 2. The minimum absolute atomic E-state index is 0.00643. The van der Waals surface area contributed by atoms with Crippen molar-refractivity contribution in [1.29, 1.82) is 5.26 Å². The van der Waals surface area contributed by atoms with Gasteiger partial charge in [-0.05, 0) is 43.7 Å². The summed E-state index contributed by atoms with van der Waals surface area (Å²) >= 11 is 12.3. The van der Waals surface area contributed by atoms with E-state index in [2.05, 4.69) is 15.7 Å². The zero-order valence-electron chi connectivity index (χ0n) is 15.5. The molecule has 4 rings (SSSR count). The average molecular weight is 458 g/mol. The molecule has 0 atom stereocenters. The number of benzene rings is 1. The first-order chi connectivity index (χ1) is 14.2. The molecule has 30 heavy (non-hydrogen) atoms. The standard InChI is InChI=1S/C19H16Cl2F3N5O/c20-12-5-11(19(22,23)24)6-13(21)16(12)29-17(26-8-9-1-2-9)15(14(7-25)28-29)27-18(30)10-3-4-10/h5-6,9-10,26H,1-4,8H2,(H,27,30). The van der Waals surface area contributed by atoms with Gasteiger partial charge in [0.2, 0.25) is 5.91 Å². The number of hydrogen-bond acceptors (Lipinski definition) is 4. The van der Waals surface area contributed by atoms with Crippen molar-refractivity contribution in [3.8, 4) is 11.8 Å². The largest absolute Gasteiger partial charge is 0.416 e. The zero-order valence-corrected chi connectivity index (χ0v) is 17.0. The lowest BCUT2D eigenvalue weighted by Crippen LogP contribution is -2.17. The Hall–Kier alpha value is -2.44. The summed E-state index contributed by atoms with van der Waals surface area (Å²) in [4.78, 5) is 12.3. The van der Waals surface area contributed by atoms with E-state index in [1.165, 1.54) is 4.68 Å². The van der Waals surface area contributed by atoms with Gasteiger partial charge in [0.1, 0.15) is 17.4 Å². The minimum atomic E-state index is -4.62. The van der Waals surface area contributed by atoms with Crippen LogP contribution in [-0.4, -0.2) is 22.2 Å². The van der Waals surface area contributed by atoms with E-state index in [-0.39, 0.29) is 44.8 Å². The molecule has 0 aliphatic heterocycles. The molecule has 0 radical (unpaired) electrons. The molecule has 11 heteroatoms. The molecule has 158 valence electrons. The normalized spacial score (nSPS) is 16.3. The van der Waals surface area contributed by atoms with Crippen LogP contribution in [0.25, 0.3) is 5.69 Å². The van der Waals surface area contributed by atoms with E-state index in [4.69, 9.17) is 23.2 Å². The van der Waals surface area contributed by atoms with Gasteiger partial charge in [0.05, 0.1) is 15.6 Å². The van der Waals surface area contributed by atoms with Gasteiger partial charge in [-0.1, -0.05) is 23.2 Å². The molecular weight excluding hydrogens is 442 g/mol. The number of aromatic nitrogens is 2. The highest BCUT2D eigenvalue weighted by molar-refractivity contribution is 6.38. The monoisotopic (exact) mass is 457 g/mol. The summed E-state index contributed by atoms with van der Waals surface area (Å²) in [5.41, 5.74) is -0.923. The maximum absolute atomic E-state index is 13.1. The van der Waals surface area contributed by atoms with E-state index < -0.39 is 11.7 Å². The fourth-order valence-corrected chi connectivity index (χ4v) is 3.65. The Bertz CT molecular complexity index is 1030. The van der Waals surface area contributed by atoms with E-state index in [1.807, 2.05) is 6.07 Å². The second-order valence-electron chi connectivity index (χ2n) is 7.47. The summed E-state index contributed by atoms with van der Waals surface area (Å²) in [5, 5.41) is 19.0. The van der Waals surface area contributed by atoms with Gasteiger partial charge in [-0.25, -0.2) is 4.68 Å². The zero-order chi connectivity index (χ0) is 21.6. The highest BCUT2D eigenvalue weighted by Gasteiger charge is 2.35. The van der Waals surface area contributed by atoms with Crippen molar-refractivity contribution in [2.24, 2.45) is 11.8 Å². The van der Waals surface area contributed by atoms with Gasteiger partial charge in [-0.15, -0.1) is 0 Å². The fourth-order valence-electron chi connectivity index (χ4n) is 3.01. The van der Waals surface area contributed by atoms with Gasteiger partial charge in [0.25, 0.3) is 0 Å². The molecule has 6 nitrogen and oxygen atoms in total. The number of carbonyl (C=O) groups is 1. The van der Waals surface area contributed by atoms with Crippen molar-refractivity contribution >= 4 is 40.6 Å². The maximum Gasteiger partial charge on any atom is 0.416 e. The third-order valence-electron chi connectivity index (χ3n) is 5.00. The highest BCUT2D eigenvalue weighted by Crippen LogP contribution is 2.41. The van der Waals surface area contributed by atoms with E-state index in [1.54, 1.807) is 0 Å². The van der Waals surface area contributed by atoms with Crippen LogP contribution in [0.15, 0.2) is 12.1 Å². The molecule has 0 unspecified atom stereocenters. The number of nitrogens with one attached hydrogen (secondary N) is 2. The van der Waals surface area contributed by atoms with E-state index in [0.717, 1.165) is 37.8 Å². The summed E-state index contributed by atoms with van der Waals surface area (Å²) in [7, 11) is 0. The molecule has 2 aliphatic rings. The maximum atomic E-state index is 13.1. The third-order valence-corrected chi connectivity index (χ3v) is 5.58. The van der Waals surface area contributed by atoms with Crippen LogP contribution in [0.1, 0.15) is 36.9 Å². The number of rotatable bonds is 6. The van der Waals surface area contributed by atoms with Crippen LogP contribution >= 0.6 is 23.2 Å². The van der Waals surface area contributed by atoms with Crippen molar-refractivity contribution in [3.05, 3.63) is 33.4 Å². The summed E-state index contributed by atoms with van der Waals surface area (Å²) in [6.45, 7) is 0.554. The molecule has 0 spiro atoms. The van der Waals surface area contributed by atoms with E-state index in [9.17, 15) is 23.2 Å². The molecule has 2 aromatic rings. The van der Waals surface area contributed by atoms with E-state index in [0.29, 0.717) is 12.5 Å². The number of halogens is 5. The lowest BCUT2D eigenvalue weighted by molar-refractivity contribution is -0.137. The van der Waals surface area contributed by atoms with Gasteiger partial charge in [-0.2, -0.15) is 23.5 Å². The first-order valence-corrected chi connectivity index (χ1v) is 10.1. The Kier molecular flexibility index (Phi) is 5.32. The van der Waals surface area contributed by atoms with Gasteiger partial charge >= 0.3 is 6.18 Å². The van der Waals surface area contributed by atoms with Gasteiger partial charge in [-0.3, -0.25) is 4.79 Å². The summed E-state index contributed by atoms with van der Waals surface area (Å²) in [6, 6.07) is 3.42. The van der Waals surface area contributed by atoms with Crippen molar-refractivity contribution in [2.75, 3.05) is 17.2 Å². The van der Waals surface area contributed by atoms with Crippen LogP contribution < -0.4 is 10.6 Å². The molecule has 2 N–H and O–H groups in total. The van der Waals surface area contributed by atoms with E-state index >= 15 is 0 Å². The Balaban J connectivity index is 1.81. The average Bonchev–Trinajstić information content (AvgIpc) is 3.57. The number of anilines is 2. The van der Waals surface area contributed by atoms with Crippen LogP contribution in [0.4, 0.5) is 24.7 Å². The van der Waals surface area contributed by atoms with Crippen LogP contribution in [0, 0.1) is 23.2 Å². The topological polar surface area (TPSA) is 82.7 Å². The predicted octanol–water partition coefficient (Wildman–Crippen LogP) is 5.24. The second-order valence-corrected chi connectivity index (χ2v) is 8.28. The SMILES string of the molecule is N#Cc1nn(-c2c(Cl)cc(C(F)(F)F)cc2Cl)c(NCC2CC2)c1NC(=O)C1CC1. The number of carbonyl (C=O) groups excluding carboxylic acids is 1. The summed E-state index contributed by atoms with van der Waals surface area (Å²) in [6.07, 6.45) is -1.01. The molecule has 1 amide bonds. The molecular formula is C19H16Cl2F3N5O. The lowest BCUT2D eigenvalue weighted by atomic mass is 10.2. The molecule has 1 aromatic carbocycles. The lowest BCUT2D eigenvalue weighted by Gasteiger charge is -2.16. The molecule has 0 saturated heterocycles. The van der Waals surface area contributed by atoms with Crippen molar-refractivity contribution in [2.45, 2.75) is 31.9 Å². The van der Waals surface area contributed by atoms with Gasteiger partial charge in [0, 0.05) is 12.5 Å². The second kappa shape index (κ2) is 7.67. The number of amides is 1. The minimum Gasteiger partial charge on any atom is -0.368 e. The summed E-state index contributed by atoms with van der Waals surface area (Å²) < 4.78 is 40.4. The number of nitrogens with zero attached hydrogens (tertiary/aromatic N) is 3. The van der Waals surface area contributed by atoms with Crippen LogP contribution in [0.3, 0.4) is 0 Å². The first-order valence-electron chi connectivity index (χ1n) is 9.33. The van der Waals surface area contributed by atoms with Gasteiger partial charge in [0.15, 0.2) is 11.5 Å². The van der Waals surface area contributed by atoms with Crippen molar-refractivity contribution < 1.29 is 18.0 Å². The molecule has 2 fully saturated rings. The number of nitriles is 1. The van der Waals surface area contributed by atoms with Crippen molar-refractivity contribution in [3.63, 3.8) is 0 Å². The predicted molar refractivity (Wildman–Crippen MR) is 106 cm³/mol. The molecule has 2 saturated carbocycles. The first kappa shape index (κ1) is 20.8. The smallest absolute Gasteiger partial charge is 0.368 e. The summed E-state index contributed by atoms with van der Waals surface area (Å²) in [5.74, 6) is 0.347. The fraction of sp³-hybridized carbons (Fsp3) is 0.421. The van der Waals surface area contributed by atoms with Crippen molar-refractivity contribution in [1.82, 2.24) is 9.78 Å². The van der Waals surface area contributed by atoms with Crippen LogP contribution in [0.5, 0.6) is 0 Å². The molecule has 1 aromatic heterocycles. The van der Waals surface area contributed by atoms with Gasteiger partial charge < -0.3 is 10.6 Å². The highest BCUT2D eigenvalue weighted by atomic mass is 35.5. The quantitative estimate of drug-likeness (QED) is 0.621. The molecule has 1 heterocycles. The number of alkyl halides is 3. The molecule has 2 aliphatic carbocycles. The Morgan fingerprint density at radius 2 is 1.87 bits per heavy atom. The third kappa shape index (κ3) is 4.20. The van der Waals surface area contributed by atoms with Crippen LogP contribution in [0.2, 0.25) is 10.0 Å². The Morgan fingerprint density at radius 1 is 1.23 bits per heavy atom. The Labute approximate surface area is 179 Å². The van der Waals surface area contributed by atoms with Crippen LogP contribution in [-0.2, 0) is 11.0 Å². The Morgan fingerprint density at radius 3 is 2.37 bits per heavy atom.